The molecule has 4 rings (SSSR count). The number of anilines is 1. The summed E-state index contributed by atoms with van der Waals surface area (Å²) in [7, 11) is 3.21. The third kappa shape index (κ3) is 4.35. The number of aromatic nitrogens is 1. The van der Waals surface area contributed by atoms with E-state index in [2.05, 4.69) is 10.3 Å². The maximum absolute atomic E-state index is 13.1. The molecule has 2 aliphatic rings. The van der Waals surface area contributed by atoms with Crippen molar-refractivity contribution in [3.63, 3.8) is 0 Å². The van der Waals surface area contributed by atoms with Crippen molar-refractivity contribution in [3.05, 3.63) is 52.7 Å². The number of nitrogens with one attached hydrogen (secondary N) is 1. The Bertz CT molecular complexity index is 1070. The van der Waals surface area contributed by atoms with Crippen LogP contribution in [0.5, 0.6) is 5.75 Å². The molecule has 33 heavy (non-hydrogen) atoms. The first kappa shape index (κ1) is 23.3. The lowest BCUT2D eigenvalue weighted by Gasteiger charge is -2.24. The topological polar surface area (TPSA) is 84.0 Å². The maximum atomic E-state index is 13.1. The van der Waals surface area contributed by atoms with Crippen molar-refractivity contribution in [3.8, 4) is 5.75 Å². The molecule has 3 heterocycles. The van der Waals surface area contributed by atoms with Gasteiger partial charge in [-0.2, -0.15) is 18.2 Å². The summed E-state index contributed by atoms with van der Waals surface area (Å²) in [5.41, 5.74) is -0.172. The second kappa shape index (κ2) is 8.81. The molecule has 1 N–H and O–H groups in total. The van der Waals surface area contributed by atoms with Crippen molar-refractivity contribution in [2.24, 2.45) is 5.92 Å². The minimum Gasteiger partial charge on any atom is -0.497 e. The number of benzene rings is 1. The first-order valence-electron chi connectivity index (χ1n) is 9.97. The van der Waals surface area contributed by atoms with Crippen LogP contribution >= 0.6 is 11.6 Å². The molecule has 0 radical (unpaired) electrons. The van der Waals surface area contributed by atoms with E-state index in [9.17, 15) is 22.8 Å². The van der Waals surface area contributed by atoms with Crippen LogP contribution in [0.1, 0.15) is 17.2 Å². The standard InChI is InChI=1S/C21H20ClF3N4O4/c1-28-16(11-3-5-13(32-2)6-4-11)15-17(33-28)20(31)29(19(15)30)8-7-26-18-14(22)9-12(10-27-18)21(23,24)25/h3-6,9-10,15-17H,7-8H2,1-2H3,(H,26,27)/t15-,16+,17+/m0/s1. The van der Waals surface area contributed by atoms with Crippen LogP contribution in [0.3, 0.4) is 0 Å². The average Bonchev–Trinajstić information content (AvgIpc) is 3.23. The molecule has 0 spiro atoms. The van der Waals surface area contributed by atoms with E-state index < -0.39 is 35.7 Å². The van der Waals surface area contributed by atoms with Gasteiger partial charge in [0.25, 0.3) is 5.91 Å². The van der Waals surface area contributed by atoms with Crippen molar-refractivity contribution in [2.75, 3.05) is 32.6 Å². The molecular weight excluding hydrogens is 465 g/mol. The number of nitrogens with zero attached hydrogens (tertiary/aromatic N) is 3. The Balaban J connectivity index is 1.43. The van der Waals surface area contributed by atoms with Crippen LogP contribution < -0.4 is 10.1 Å². The highest BCUT2D eigenvalue weighted by molar-refractivity contribution is 6.33. The number of carbonyl (C=O) groups excluding carboxylic acids is 2. The third-order valence-electron chi connectivity index (χ3n) is 5.65. The molecule has 1 aromatic carbocycles. The van der Waals surface area contributed by atoms with Crippen LogP contribution in [0.2, 0.25) is 5.02 Å². The molecule has 0 aliphatic carbocycles. The van der Waals surface area contributed by atoms with E-state index in [0.29, 0.717) is 11.9 Å². The van der Waals surface area contributed by atoms with E-state index in [-0.39, 0.29) is 29.8 Å². The fourth-order valence-corrected chi connectivity index (χ4v) is 4.29. The SMILES string of the molecule is COc1ccc([C@@H]2[C@@H]3C(=O)N(CCNc4ncc(C(F)(F)F)cc4Cl)C(=O)[C@@H]3ON2C)cc1. The Morgan fingerprint density at radius 3 is 2.52 bits per heavy atom. The van der Waals surface area contributed by atoms with E-state index in [4.69, 9.17) is 21.2 Å². The van der Waals surface area contributed by atoms with Crippen molar-refractivity contribution in [1.29, 1.82) is 0 Å². The van der Waals surface area contributed by atoms with Crippen LogP contribution in [-0.2, 0) is 20.6 Å². The van der Waals surface area contributed by atoms with Gasteiger partial charge in [-0.25, -0.2) is 4.98 Å². The Morgan fingerprint density at radius 1 is 1.21 bits per heavy atom. The van der Waals surface area contributed by atoms with E-state index in [0.717, 1.165) is 16.5 Å². The summed E-state index contributed by atoms with van der Waals surface area (Å²) in [6.45, 7) is 0.0319. The monoisotopic (exact) mass is 484 g/mol. The summed E-state index contributed by atoms with van der Waals surface area (Å²) in [5, 5.41) is 4.06. The number of likely N-dealkylation sites (tertiary alicyclic amines) is 1. The van der Waals surface area contributed by atoms with Gasteiger partial charge in [0.2, 0.25) is 5.91 Å². The van der Waals surface area contributed by atoms with Crippen LogP contribution in [-0.4, -0.2) is 60.1 Å². The number of hydroxylamine groups is 2. The fraction of sp³-hybridized carbons (Fsp3) is 0.381. The molecule has 176 valence electrons. The quantitative estimate of drug-likeness (QED) is 0.631. The van der Waals surface area contributed by atoms with Crippen LogP contribution in [0.25, 0.3) is 0 Å². The van der Waals surface area contributed by atoms with E-state index in [1.165, 1.54) is 5.06 Å². The van der Waals surface area contributed by atoms with Crippen molar-refractivity contribution in [1.82, 2.24) is 14.9 Å². The van der Waals surface area contributed by atoms with E-state index in [1.807, 2.05) is 12.1 Å². The highest BCUT2D eigenvalue weighted by Gasteiger charge is 2.58. The van der Waals surface area contributed by atoms with Crippen LogP contribution in [0, 0.1) is 5.92 Å². The zero-order valence-corrected chi connectivity index (χ0v) is 18.4. The molecule has 8 nitrogen and oxygen atoms in total. The maximum Gasteiger partial charge on any atom is 0.417 e. The summed E-state index contributed by atoms with van der Waals surface area (Å²) in [6.07, 6.45) is -4.84. The number of carbonyl (C=O) groups is 2. The normalized spacial score (nSPS) is 23.2. The molecule has 2 amide bonds. The smallest absolute Gasteiger partial charge is 0.417 e. The number of methoxy groups -OCH3 is 1. The number of pyridine rings is 1. The lowest BCUT2D eigenvalue weighted by atomic mass is 9.91. The molecule has 12 heteroatoms. The van der Waals surface area contributed by atoms with Gasteiger partial charge in [0.1, 0.15) is 11.6 Å². The number of amides is 2. The van der Waals surface area contributed by atoms with Gasteiger partial charge in [-0.1, -0.05) is 23.7 Å². The van der Waals surface area contributed by atoms with Gasteiger partial charge in [-0.3, -0.25) is 19.3 Å². The number of fused-ring (bicyclic) bond motifs is 1. The second-order valence-electron chi connectivity index (χ2n) is 7.62. The molecule has 2 fully saturated rings. The van der Waals surface area contributed by atoms with E-state index >= 15 is 0 Å². The molecule has 2 aliphatic heterocycles. The van der Waals surface area contributed by atoms with Gasteiger partial charge < -0.3 is 10.1 Å². The third-order valence-corrected chi connectivity index (χ3v) is 5.94. The van der Waals surface area contributed by atoms with Crippen molar-refractivity contribution >= 4 is 29.2 Å². The first-order chi connectivity index (χ1) is 15.6. The summed E-state index contributed by atoms with van der Waals surface area (Å²) in [4.78, 5) is 36.4. The number of hydrogen-bond acceptors (Lipinski definition) is 7. The molecule has 2 aromatic rings. The van der Waals surface area contributed by atoms with Crippen LogP contribution in [0.4, 0.5) is 19.0 Å². The highest BCUT2D eigenvalue weighted by Crippen LogP contribution is 2.43. The van der Waals surface area contributed by atoms with E-state index in [1.54, 1.807) is 26.3 Å². The zero-order chi connectivity index (χ0) is 23.9. The van der Waals surface area contributed by atoms with Gasteiger partial charge in [-0.15, -0.1) is 0 Å². The molecule has 0 unspecified atom stereocenters. The molecule has 0 bridgehead atoms. The Labute approximate surface area is 192 Å². The molecule has 3 atom stereocenters. The summed E-state index contributed by atoms with van der Waals surface area (Å²) in [6, 6.07) is 7.45. The zero-order valence-electron chi connectivity index (χ0n) is 17.6. The lowest BCUT2D eigenvalue weighted by Crippen LogP contribution is -2.39. The Morgan fingerprint density at radius 2 is 1.91 bits per heavy atom. The minimum absolute atomic E-state index is 0.0217. The van der Waals surface area contributed by atoms with Crippen molar-refractivity contribution in [2.45, 2.75) is 18.3 Å². The number of ether oxygens (including phenoxy) is 1. The first-order valence-corrected chi connectivity index (χ1v) is 10.3. The summed E-state index contributed by atoms with van der Waals surface area (Å²) < 4.78 is 43.4. The molecule has 2 saturated heterocycles. The molecule has 0 saturated carbocycles. The lowest BCUT2D eigenvalue weighted by molar-refractivity contribution is -0.169. The minimum atomic E-state index is -4.56. The van der Waals surface area contributed by atoms with Crippen LogP contribution in [0.15, 0.2) is 36.5 Å². The largest absolute Gasteiger partial charge is 0.497 e. The number of halogens is 4. The van der Waals surface area contributed by atoms with Gasteiger partial charge in [0, 0.05) is 26.3 Å². The molecular formula is C21H20ClF3N4O4. The Kier molecular flexibility index (Phi) is 6.21. The number of imide groups is 1. The Hall–Kier alpha value is -2.89. The van der Waals surface area contributed by atoms with Gasteiger partial charge >= 0.3 is 6.18 Å². The fourth-order valence-electron chi connectivity index (χ4n) is 4.06. The van der Waals surface area contributed by atoms with Gasteiger partial charge in [0.15, 0.2) is 6.10 Å². The number of alkyl halides is 3. The van der Waals surface area contributed by atoms with Gasteiger partial charge in [0.05, 0.1) is 29.7 Å². The van der Waals surface area contributed by atoms with Gasteiger partial charge in [-0.05, 0) is 23.8 Å². The predicted octanol–water partition coefficient (Wildman–Crippen LogP) is 3.15. The van der Waals surface area contributed by atoms with Crippen molar-refractivity contribution < 1.29 is 32.3 Å². The number of hydrogen-bond donors (Lipinski definition) is 1. The number of rotatable bonds is 6. The summed E-state index contributed by atoms with van der Waals surface area (Å²) >= 11 is 5.88. The summed E-state index contributed by atoms with van der Waals surface area (Å²) in [5.74, 6) is -0.891. The molecule has 1 aromatic heterocycles. The predicted molar refractivity (Wildman–Crippen MR) is 111 cm³/mol. The average molecular weight is 485 g/mol. The second-order valence-corrected chi connectivity index (χ2v) is 8.03. The highest BCUT2D eigenvalue weighted by atomic mass is 35.5.